The summed E-state index contributed by atoms with van der Waals surface area (Å²) in [5, 5.41) is 14.2. The number of nitrogens with zero attached hydrogens (tertiary/aromatic N) is 2. The van der Waals surface area contributed by atoms with Gasteiger partial charge < -0.3 is 10.6 Å². The zero-order chi connectivity index (χ0) is 17.6. The van der Waals surface area contributed by atoms with Crippen LogP contribution in [0.5, 0.6) is 0 Å². The molecule has 0 aromatic heterocycles. The lowest BCUT2D eigenvalue weighted by molar-refractivity contribution is -0.122. The number of halogens is 1. The van der Waals surface area contributed by atoms with Gasteiger partial charge in [0.15, 0.2) is 5.17 Å². The van der Waals surface area contributed by atoms with Crippen molar-refractivity contribution < 1.29 is 9.59 Å². The molecule has 1 aliphatic carbocycles. The van der Waals surface area contributed by atoms with Gasteiger partial charge in [0.25, 0.3) is 0 Å². The molecule has 1 atom stereocenters. The van der Waals surface area contributed by atoms with Crippen molar-refractivity contribution in [2.75, 3.05) is 5.32 Å². The summed E-state index contributed by atoms with van der Waals surface area (Å²) < 4.78 is 0. The molecule has 8 heteroatoms. The molecule has 2 fully saturated rings. The lowest BCUT2D eigenvalue weighted by Gasteiger charge is -2.10. The van der Waals surface area contributed by atoms with Crippen molar-refractivity contribution in [3.8, 4) is 0 Å². The zero-order valence-electron chi connectivity index (χ0n) is 13.6. The van der Waals surface area contributed by atoms with E-state index in [9.17, 15) is 9.59 Å². The average molecular weight is 379 g/mol. The van der Waals surface area contributed by atoms with Crippen LogP contribution in [0.1, 0.15) is 38.5 Å². The van der Waals surface area contributed by atoms with Crippen LogP contribution in [-0.4, -0.2) is 27.9 Å². The summed E-state index contributed by atoms with van der Waals surface area (Å²) in [5.41, 5.74) is 1.61. The smallest absolute Gasteiger partial charge is 0.240 e. The normalized spacial score (nSPS) is 22.0. The third kappa shape index (κ3) is 5.06. The highest BCUT2D eigenvalue weighted by molar-refractivity contribution is 8.15. The number of carbonyl (C=O) groups is 2. The third-order valence-electron chi connectivity index (χ3n) is 4.01. The first-order valence-corrected chi connectivity index (χ1v) is 9.53. The highest BCUT2D eigenvalue weighted by Gasteiger charge is 2.32. The summed E-state index contributed by atoms with van der Waals surface area (Å²) in [4.78, 5) is 24.2. The minimum Gasteiger partial charge on any atom is -0.325 e. The van der Waals surface area contributed by atoms with Crippen molar-refractivity contribution >= 4 is 51.7 Å². The van der Waals surface area contributed by atoms with Crippen LogP contribution >= 0.6 is 23.4 Å². The monoisotopic (exact) mass is 378 g/mol. The van der Waals surface area contributed by atoms with E-state index in [4.69, 9.17) is 11.6 Å². The molecule has 0 bridgehead atoms. The van der Waals surface area contributed by atoms with Crippen LogP contribution in [-0.2, 0) is 9.59 Å². The van der Waals surface area contributed by atoms with Gasteiger partial charge in [-0.3, -0.25) is 9.59 Å². The van der Waals surface area contributed by atoms with Gasteiger partial charge in [-0.2, -0.15) is 5.10 Å². The van der Waals surface area contributed by atoms with E-state index in [0.29, 0.717) is 15.9 Å². The molecule has 132 valence electrons. The van der Waals surface area contributed by atoms with Gasteiger partial charge in [-0.05, 0) is 37.8 Å². The van der Waals surface area contributed by atoms with Gasteiger partial charge >= 0.3 is 0 Å². The molecule has 1 saturated heterocycles. The molecule has 1 aromatic carbocycles. The quantitative estimate of drug-likeness (QED) is 0.785. The standard InChI is InChI=1S/C17H19ClN4O2S/c18-12-8-4-5-9-13(12)19-15(23)10-14-16(24)20-17(25-14)22-21-11-6-2-1-3-7-11/h4-5,8-9,14H,1-3,6-7,10H2,(H,19,23)(H,20,22,24). The Bertz CT molecular complexity index is 727. The largest absolute Gasteiger partial charge is 0.325 e. The Labute approximate surface area is 155 Å². The van der Waals surface area contributed by atoms with Crippen LogP contribution < -0.4 is 10.6 Å². The fourth-order valence-corrected chi connectivity index (χ4v) is 3.80. The van der Waals surface area contributed by atoms with Crippen molar-refractivity contribution in [2.24, 2.45) is 10.2 Å². The number of hydrogen-bond acceptors (Lipinski definition) is 5. The second kappa shape index (κ2) is 8.49. The van der Waals surface area contributed by atoms with Crippen LogP contribution in [0, 0.1) is 0 Å². The molecule has 3 rings (SSSR count). The Kier molecular flexibility index (Phi) is 6.09. The van der Waals surface area contributed by atoms with Gasteiger partial charge in [-0.15, -0.1) is 5.10 Å². The number of nitrogens with one attached hydrogen (secondary N) is 2. The molecule has 0 radical (unpaired) electrons. The van der Waals surface area contributed by atoms with Gasteiger partial charge in [0.05, 0.1) is 10.7 Å². The van der Waals surface area contributed by atoms with E-state index >= 15 is 0 Å². The first-order chi connectivity index (χ1) is 12.1. The maximum atomic E-state index is 12.1. The zero-order valence-corrected chi connectivity index (χ0v) is 15.2. The molecule has 25 heavy (non-hydrogen) atoms. The third-order valence-corrected chi connectivity index (χ3v) is 5.41. The summed E-state index contributed by atoms with van der Waals surface area (Å²) >= 11 is 7.26. The van der Waals surface area contributed by atoms with Gasteiger partial charge in [0, 0.05) is 12.1 Å². The second-order valence-corrected chi connectivity index (χ2v) is 7.56. The Morgan fingerprint density at radius 3 is 2.76 bits per heavy atom. The lowest BCUT2D eigenvalue weighted by atomic mass is 9.99. The van der Waals surface area contributed by atoms with E-state index in [-0.39, 0.29) is 18.2 Å². The fourth-order valence-electron chi connectivity index (χ4n) is 2.69. The number of hydrogen-bond donors (Lipinski definition) is 2. The van der Waals surface area contributed by atoms with E-state index in [1.54, 1.807) is 24.3 Å². The summed E-state index contributed by atoms with van der Waals surface area (Å²) in [5.74, 6) is -0.484. The van der Waals surface area contributed by atoms with Crippen molar-refractivity contribution in [3.63, 3.8) is 0 Å². The molecule has 2 N–H and O–H groups in total. The first kappa shape index (κ1) is 17.9. The van der Waals surface area contributed by atoms with Gasteiger partial charge in [0.2, 0.25) is 11.8 Å². The average Bonchev–Trinajstić information content (AvgIpc) is 2.96. The highest BCUT2D eigenvalue weighted by atomic mass is 35.5. The topological polar surface area (TPSA) is 82.9 Å². The summed E-state index contributed by atoms with van der Waals surface area (Å²) in [6.07, 6.45) is 5.53. The minimum absolute atomic E-state index is 0.0529. The molecule has 1 aromatic rings. The maximum Gasteiger partial charge on any atom is 0.240 e. The Balaban J connectivity index is 1.55. The van der Waals surface area contributed by atoms with Gasteiger partial charge in [-0.1, -0.05) is 41.9 Å². The second-order valence-electron chi connectivity index (χ2n) is 5.96. The van der Waals surface area contributed by atoms with Crippen LogP contribution in [0.25, 0.3) is 0 Å². The van der Waals surface area contributed by atoms with Gasteiger partial charge in [-0.25, -0.2) is 0 Å². The number of thioether (sulfide) groups is 1. The molecule has 1 saturated carbocycles. The predicted molar refractivity (Wildman–Crippen MR) is 102 cm³/mol. The van der Waals surface area contributed by atoms with Crippen LogP contribution in [0.4, 0.5) is 5.69 Å². The molecule has 2 amide bonds. The first-order valence-electron chi connectivity index (χ1n) is 8.27. The summed E-state index contributed by atoms with van der Waals surface area (Å²) in [6.45, 7) is 0. The maximum absolute atomic E-state index is 12.1. The number of para-hydroxylation sites is 1. The molecule has 1 heterocycles. The fraction of sp³-hybridized carbons (Fsp3) is 0.412. The lowest BCUT2D eigenvalue weighted by Crippen LogP contribution is -2.28. The Morgan fingerprint density at radius 2 is 2.00 bits per heavy atom. The van der Waals surface area contributed by atoms with E-state index in [0.717, 1.165) is 31.4 Å². The van der Waals surface area contributed by atoms with E-state index in [1.807, 2.05) is 0 Å². The van der Waals surface area contributed by atoms with Crippen LogP contribution in [0.3, 0.4) is 0 Å². The Morgan fingerprint density at radius 1 is 1.24 bits per heavy atom. The summed E-state index contributed by atoms with van der Waals surface area (Å²) in [6, 6.07) is 6.99. The van der Waals surface area contributed by atoms with E-state index < -0.39 is 5.25 Å². The number of carbonyl (C=O) groups excluding carboxylic acids is 2. The number of anilines is 1. The van der Waals surface area contributed by atoms with E-state index in [2.05, 4.69) is 20.8 Å². The molecule has 2 aliphatic rings. The number of amidine groups is 1. The predicted octanol–water partition coefficient (Wildman–Crippen LogP) is 3.58. The number of amides is 2. The van der Waals surface area contributed by atoms with Crippen molar-refractivity contribution in [2.45, 2.75) is 43.8 Å². The van der Waals surface area contributed by atoms with E-state index in [1.165, 1.54) is 18.2 Å². The molecule has 1 aliphatic heterocycles. The van der Waals surface area contributed by atoms with Crippen molar-refractivity contribution in [1.82, 2.24) is 5.32 Å². The van der Waals surface area contributed by atoms with Crippen LogP contribution in [0.15, 0.2) is 34.5 Å². The molecular weight excluding hydrogens is 360 g/mol. The number of benzene rings is 1. The summed E-state index contributed by atoms with van der Waals surface area (Å²) in [7, 11) is 0. The molecular formula is C17H19ClN4O2S. The van der Waals surface area contributed by atoms with Crippen LogP contribution in [0.2, 0.25) is 5.02 Å². The SMILES string of the molecule is O=C(CC1SC(=NN=C2CCCCC2)NC1=O)Nc1ccccc1Cl. The highest BCUT2D eigenvalue weighted by Crippen LogP contribution is 2.25. The number of rotatable bonds is 4. The van der Waals surface area contributed by atoms with Crippen molar-refractivity contribution in [3.05, 3.63) is 29.3 Å². The Hall–Kier alpha value is -1.86. The molecule has 1 unspecified atom stereocenters. The van der Waals surface area contributed by atoms with Gasteiger partial charge in [0.1, 0.15) is 5.25 Å². The molecule has 0 spiro atoms. The van der Waals surface area contributed by atoms with Crippen molar-refractivity contribution in [1.29, 1.82) is 0 Å². The minimum atomic E-state index is -0.507. The molecule has 6 nitrogen and oxygen atoms in total.